The zero-order valence-corrected chi connectivity index (χ0v) is 42.0. The monoisotopic (exact) mass is 1230 g/mol. The minimum Gasteiger partial charge on any atom is 0 e. The average molecular weight is 1230 g/mol. The number of anilines is 2. The minimum atomic E-state index is -2.07. The third kappa shape index (κ3) is 11.7. The van der Waals surface area contributed by atoms with Gasteiger partial charge in [0.1, 0.15) is 0 Å². The predicted octanol–water partition coefficient (Wildman–Crippen LogP) is 5.04. The predicted molar refractivity (Wildman–Crippen MR) is 258 cm³/mol. The van der Waals surface area contributed by atoms with Gasteiger partial charge in [-0.05, 0) is 0 Å². The van der Waals surface area contributed by atoms with E-state index in [-0.39, 0.29) is 22.4 Å². The molecule has 0 fully saturated rings. The van der Waals surface area contributed by atoms with E-state index in [4.69, 9.17) is 49.7 Å². The Bertz CT molecular complexity index is 2550. The quantitative estimate of drug-likeness (QED) is 0.0631. The van der Waals surface area contributed by atoms with E-state index in [2.05, 4.69) is 131 Å². The van der Waals surface area contributed by atoms with Crippen molar-refractivity contribution < 1.29 is 22.4 Å². The van der Waals surface area contributed by atoms with Gasteiger partial charge in [-0.1, -0.05) is 0 Å². The summed E-state index contributed by atoms with van der Waals surface area (Å²) in [7, 11) is 0. The fourth-order valence-corrected chi connectivity index (χ4v) is 16.4. The Hall–Kier alpha value is -4.08. The Morgan fingerprint density at radius 3 is 1.07 bits per heavy atom. The van der Waals surface area contributed by atoms with Crippen LogP contribution in [-0.2, 0) is 47.6 Å². The number of rotatable bonds is 10. The van der Waals surface area contributed by atoms with Crippen molar-refractivity contribution in [3.63, 3.8) is 0 Å². The first-order chi connectivity index (χ1) is 29.1. The second kappa shape index (κ2) is 21.8. The third-order valence-electron chi connectivity index (χ3n) is 8.58. The second-order valence-corrected chi connectivity index (χ2v) is 25.9. The molecule has 8 rings (SSSR count). The van der Waals surface area contributed by atoms with E-state index in [1.165, 1.54) is 30.6 Å². The number of hydrogen-bond donors (Lipinski definition) is 4. The number of aromatic nitrogens is 8. The molecule has 0 amide bonds. The number of thiocarbonyl (C=S) groups is 2. The summed E-state index contributed by atoms with van der Waals surface area (Å²) in [4.78, 5) is 0. The zero-order chi connectivity index (χ0) is 42.0. The van der Waals surface area contributed by atoms with Gasteiger partial charge >= 0.3 is 387 Å². The molecule has 21 heteroatoms. The zero-order valence-electron chi connectivity index (χ0n) is 31.4. The molecule has 8 aromatic rings. The van der Waals surface area contributed by atoms with Crippen LogP contribution in [0.25, 0.3) is 11.4 Å². The Kier molecular flexibility index (Phi) is 16.6. The van der Waals surface area contributed by atoms with E-state index in [1.54, 1.807) is 0 Å². The van der Waals surface area contributed by atoms with Crippen molar-refractivity contribution in [1.29, 1.82) is 0 Å². The summed E-state index contributed by atoms with van der Waals surface area (Å²) in [6.45, 7) is 0. The molecule has 1 radical (unpaired) electrons. The topological polar surface area (TPSA) is 135 Å². The summed E-state index contributed by atoms with van der Waals surface area (Å²) >= 11 is 28.5. The molecular formula is C40H32AuN12P2S4Se2-2. The number of benzene rings is 6. The maximum atomic E-state index is 5.67. The summed E-state index contributed by atoms with van der Waals surface area (Å²) in [5.74, 6) is 0. The van der Waals surface area contributed by atoms with Crippen LogP contribution in [-0.4, -0.2) is 80.8 Å². The van der Waals surface area contributed by atoms with Gasteiger partial charge in [-0.2, -0.15) is 0 Å². The van der Waals surface area contributed by atoms with Gasteiger partial charge in [-0.3, -0.25) is 0 Å². The summed E-state index contributed by atoms with van der Waals surface area (Å²) in [5, 5.41) is 42.5. The number of nitrogens with zero attached hydrogens (tertiary/aromatic N) is 8. The van der Waals surface area contributed by atoms with Gasteiger partial charge < -0.3 is 0 Å². The maximum absolute atomic E-state index is 5.67. The Morgan fingerprint density at radius 1 is 0.475 bits per heavy atom. The summed E-state index contributed by atoms with van der Waals surface area (Å²) < 4.78 is 2.99. The van der Waals surface area contributed by atoms with Crippen molar-refractivity contribution in [2.75, 3.05) is 10.6 Å². The molecule has 2 aromatic heterocycles. The van der Waals surface area contributed by atoms with Gasteiger partial charge in [0.25, 0.3) is 0 Å². The summed E-state index contributed by atoms with van der Waals surface area (Å²) in [6, 6.07) is 56.3. The van der Waals surface area contributed by atoms with Crippen molar-refractivity contribution in [1.82, 2.24) is 50.6 Å². The van der Waals surface area contributed by atoms with Gasteiger partial charge in [-0.15, -0.1) is 0 Å². The van der Waals surface area contributed by atoms with Crippen LogP contribution in [0, 0.1) is 0 Å². The summed E-state index contributed by atoms with van der Waals surface area (Å²) in [6.07, 6.45) is 0. The minimum absolute atomic E-state index is 0. The first-order valence-electron chi connectivity index (χ1n) is 17.9. The molecule has 2 heterocycles. The maximum Gasteiger partial charge on any atom is 0 e. The van der Waals surface area contributed by atoms with Crippen LogP contribution in [0.5, 0.6) is 0 Å². The van der Waals surface area contributed by atoms with Crippen LogP contribution in [0.1, 0.15) is 0 Å². The number of tetrazole rings is 2. The Morgan fingerprint density at radius 2 is 0.787 bits per heavy atom. The molecule has 61 heavy (non-hydrogen) atoms. The van der Waals surface area contributed by atoms with E-state index in [1.807, 2.05) is 121 Å². The molecule has 0 saturated carbocycles. The molecule has 0 aliphatic rings. The smallest absolute Gasteiger partial charge is 0 e. The molecule has 0 bridgehead atoms. The van der Waals surface area contributed by atoms with E-state index in [9.17, 15) is 0 Å². The van der Waals surface area contributed by atoms with Crippen molar-refractivity contribution in [2.24, 2.45) is 0 Å². The normalized spacial score (nSPS) is 10.9. The third-order valence-corrected chi connectivity index (χ3v) is 21.4. The molecule has 0 atom stereocenters. The number of nitrogens with one attached hydrogen (secondary N) is 4. The molecule has 6 aromatic carbocycles. The average Bonchev–Trinajstić information content (AvgIpc) is 3.92. The molecule has 0 aliphatic heterocycles. The fourth-order valence-electron chi connectivity index (χ4n) is 5.82. The van der Waals surface area contributed by atoms with Crippen LogP contribution in [0.2, 0.25) is 0 Å². The van der Waals surface area contributed by atoms with Gasteiger partial charge in [0.05, 0.1) is 0 Å². The van der Waals surface area contributed by atoms with Crippen LogP contribution in [0.4, 0.5) is 11.4 Å². The molecule has 12 nitrogen and oxygen atoms in total. The van der Waals surface area contributed by atoms with Crippen LogP contribution >= 0.6 is 35.8 Å². The van der Waals surface area contributed by atoms with Crippen LogP contribution in [0.15, 0.2) is 180 Å². The fraction of sp³-hybridized carbons (Fsp3) is 0. The van der Waals surface area contributed by atoms with Crippen molar-refractivity contribution in [3.8, 4) is 11.4 Å². The van der Waals surface area contributed by atoms with E-state index < -0.39 is 11.3 Å². The Balaban J connectivity index is 0.000000201. The van der Waals surface area contributed by atoms with E-state index >= 15 is 0 Å². The molecule has 0 saturated heterocycles. The number of hydrogen-bond acceptors (Lipinski definition) is 10. The Labute approximate surface area is 405 Å². The molecule has 0 spiro atoms. The van der Waals surface area contributed by atoms with Crippen molar-refractivity contribution in [2.45, 2.75) is 10.3 Å². The first kappa shape index (κ1) is 46.4. The standard InChI is InChI=1S/2C20H17N6PS2Se.Au/c2*28-19(21-15-8-7-9-16(14-15)26-20(29)22-24-25-26)23-27(30,17-10-3-1-4-11-17)18-12-5-2-6-13-18;/h2*1-14H,(H,22,25,29)(H2,21,23,28,30);/p-2. The largest absolute Gasteiger partial charge is 0 e. The van der Waals surface area contributed by atoms with Crippen molar-refractivity contribution in [3.05, 3.63) is 170 Å². The molecular weight excluding hydrogens is 1190 g/mol. The first-order valence-corrected chi connectivity index (χ1v) is 27.5. The molecule has 4 N–H and O–H groups in total. The van der Waals surface area contributed by atoms with Crippen molar-refractivity contribution >= 4 is 134 Å². The van der Waals surface area contributed by atoms with Gasteiger partial charge in [0, 0.05) is 22.4 Å². The molecule has 0 aliphatic carbocycles. The van der Waals surface area contributed by atoms with Crippen LogP contribution in [0.3, 0.4) is 0 Å². The van der Waals surface area contributed by atoms with Crippen LogP contribution < -0.4 is 42.0 Å². The molecule has 0 unspecified atom stereocenters. The summed E-state index contributed by atoms with van der Waals surface area (Å²) in [5.41, 5.74) is -1.01. The second-order valence-electron chi connectivity index (χ2n) is 12.5. The van der Waals surface area contributed by atoms with E-state index in [0.717, 1.165) is 22.7 Å². The van der Waals surface area contributed by atoms with Gasteiger partial charge in [0.15, 0.2) is 0 Å². The van der Waals surface area contributed by atoms with Gasteiger partial charge in [0.2, 0.25) is 0 Å². The van der Waals surface area contributed by atoms with E-state index in [0.29, 0.717) is 20.5 Å². The molecule has 311 valence electrons. The SMILES string of the molecule is S=C(Nc1cccc(-n2nnnc2[S-])c1)NP(=[Se])(c1ccccc1)c1ccccc1.S=C(Nc1cccc(-n2nnnc2[S-])c1)NP(=[Se])(c1ccccc1)c1ccccc1.[Au]. The van der Waals surface area contributed by atoms with Gasteiger partial charge in [-0.25, -0.2) is 0 Å².